The molecule has 0 atom stereocenters. The third-order valence-corrected chi connectivity index (χ3v) is 5.07. The van der Waals surface area contributed by atoms with Crippen LogP contribution < -0.4 is 10.1 Å². The Morgan fingerprint density at radius 3 is 2.89 bits per heavy atom. The van der Waals surface area contributed by atoms with Gasteiger partial charge in [-0.2, -0.15) is 4.99 Å². The minimum Gasteiger partial charge on any atom is -0.488 e. The van der Waals surface area contributed by atoms with E-state index in [1.165, 1.54) is 6.92 Å². The zero-order valence-electron chi connectivity index (χ0n) is 14.2. The minimum atomic E-state index is -0.399. The highest BCUT2D eigenvalue weighted by molar-refractivity contribution is 9.10. The number of carbonyl (C=O) groups excluding carboxylic acids is 2. The third-order valence-electron chi connectivity index (χ3n) is 3.45. The number of aliphatic imine (C=N–C) groups is 1. The Morgan fingerprint density at radius 2 is 2.15 bits per heavy atom. The van der Waals surface area contributed by atoms with E-state index in [9.17, 15) is 9.59 Å². The molecule has 0 radical (unpaired) electrons. The fourth-order valence-electron chi connectivity index (χ4n) is 2.31. The number of thioether (sulfide) groups is 1. The molecule has 5 nitrogen and oxygen atoms in total. The average Bonchev–Trinajstić information content (AvgIpc) is 2.92. The molecule has 1 heterocycles. The molecule has 2 aromatic carbocycles. The second-order valence-electron chi connectivity index (χ2n) is 5.61. The van der Waals surface area contributed by atoms with E-state index < -0.39 is 5.91 Å². The van der Waals surface area contributed by atoms with Crippen molar-refractivity contribution >= 4 is 62.4 Å². The highest BCUT2D eigenvalue weighted by atomic mass is 79.9. The Kier molecular flexibility index (Phi) is 6.36. The van der Waals surface area contributed by atoms with E-state index in [0.717, 1.165) is 27.4 Å². The first kappa shape index (κ1) is 19.7. The van der Waals surface area contributed by atoms with Gasteiger partial charge in [0.15, 0.2) is 5.17 Å². The maximum absolute atomic E-state index is 12.1. The van der Waals surface area contributed by atoms with Gasteiger partial charge in [-0.3, -0.25) is 9.59 Å². The summed E-state index contributed by atoms with van der Waals surface area (Å²) in [5.41, 5.74) is 1.66. The van der Waals surface area contributed by atoms with Crippen molar-refractivity contribution < 1.29 is 14.3 Å². The van der Waals surface area contributed by atoms with Gasteiger partial charge < -0.3 is 10.1 Å². The molecule has 0 spiro atoms. The molecule has 0 bridgehead atoms. The van der Waals surface area contributed by atoms with E-state index in [1.807, 2.05) is 36.4 Å². The zero-order valence-corrected chi connectivity index (χ0v) is 17.3. The van der Waals surface area contributed by atoms with Gasteiger partial charge in [-0.25, -0.2) is 0 Å². The van der Waals surface area contributed by atoms with Crippen LogP contribution in [-0.4, -0.2) is 17.0 Å². The lowest BCUT2D eigenvalue weighted by Crippen LogP contribution is -2.23. The molecule has 0 unspecified atom stereocenters. The van der Waals surface area contributed by atoms with Crippen molar-refractivity contribution in [2.75, 3.05) is 0 Å². The smallest absolute Gasteiger partial charge is 0.286 e. The Balaban J connectivity index is 1.80. The van der Waals surface area contributed by atoms with Crippen LogP contribution in [0.15, 0.2) is 56.8 Å². The molecule has 0 aliphatic carbocycles. The largest absolute Gasteiger partial charge is 0.488 e. The number of ether oxygens (including phenoxy) is 1. The number of amidine groups is 1. The quantitative estimate of drug-likeness (QED) is 0.659. The summed E-state index contributed by atoms with van der Waals surface area (Å²) in [5.74, 6) is -0.0557. The Labute approximate surface area is 174 Å². The second-order valence-corrected chi connectivity index (χ2v) is 8.00. The van der Waals surface area contributed by atoms with E-state index in [0.29, 0.717) is 22.3 Å². The fraction of sp³-hybridized carbons (Fsp3) is 0.105. The van der Waals surface area contributed by atoms with Crippen LogP contribution in [0.2, 0.25) is 5.02 Å². The minimum absolute atomic E-state index is 0.273. The summed E-state index contributed by atoms with van der Waals surface area (Å²) in [6.07, 6.45) is 1.70. The number of hydrogen-bond donors (Lipinski definition) is 1. The monoisotopic (exact) mass is 464 g/mol. The molecular formula is C19H14BrClN2O3S. The summed E-state index contributed by atoms with van der Waals surface area (Å²) in [4.78, 5) is 27.5. The number of rotatable bonds is 4. The van der Waals surface area contributed by atoms with Crippen LogP contribution >= 0.6 is 39.3 Å². The summed E-state index contributed by atoms with van der Waals surface area (Å²) in [6, 6.07) is 13.0. The lowest BCUT2D eigenvalue weighted by atomic mass is 10.2. The zero-order chi connectivity index (χ0) is 19.4. The van der Waals surface area contributed by atoms with Crippen LogP contribution in [0.25, 0.3) is 6.08 Å². The van der Waals surface area contributed by atoms with Gasteiger partial charge in [0.25, 0.3) is 5.91 Å². The standard InChI is InChI=1S/C19H14BrClN2O3S/c1-11(24)22-19-23-18(25)17(27-19)9-13-8-14(20)5-6-16(13)26-10-12-3-2-4-15(21)7-12/h2-9H,10H2,1H3,(H,22,23,24,25). The molecule has 138 valence electrons. The van der Waals surface area contributed by atoms with Crippen LogP contribution in [0.1, 0.15) is 18.1 Å². The fourth-order valence-corrected chi connectivity index (χ4v) is 3.75. The van der Waals surface area contributed by atoms with Crippen molar-refractivity contribution in [2.24, 2.45) is 4.99 Å². The highest BCUT2D eigenvalue weighted by Gasteiger charge is 2.23. The van der Waals surface area contributed by atoms with Crippen molar-refractivity contribution in [1.29, 1.82) is 0 Å². The summed E-state index contributed by atoms with van der Waals surface area (Å²) in [7, 11) is 0. The first-order valence-electron chi connectivity index (χ1n) is 7.87. The van der Waals surface area contributed by atoms with Gasteiger partial charge in [-0.15, -0.1) is 0 Å². The number of halogens is 2. The predicted octanol–water partition coefficient (Wildman–Crippen LogP) is 4.79. The maximum Gasteiger partial charge on any atom is 0.286 e. The van der Waals surface area contributed by atoms with Crippen molar-refractivity contribution in [3.63, 3.8) is 0 Å². The van der Waals surface area contributed by atoms with Gasteiger partial charge in [0.2, 0.25) is 5.91 Å². The maximum atomic E-state index is 12.1. The third kappa shape index (κ3) is 5.45. The Bertz CT molecular complexity index is 975. The van der Waals surface area contributed by atoms with E-state index in [1.54, 1.807) is 12.1 Å². The van der Waals surface area contributed by atoms with Gasteiger partial charge in [0.1, 0.15) is 12.4 Å². The molecule has 0 fully saturated rings. The molecular weight excluding hydrogens is 452 g/mol. The van der Waals surface area contributed by atoms with Crippen LogP contribution in [0, 0.1) is 0 Å². The van der Waals surface area contributed by atoms with Gasteiger partial charge >= 0.3 is 0 Å². The van der Waals surface area contributed by atoms with E-state index in [2.05, 4.69) is 26.2 Å². The summed E-state index contributed by atoms with van der Waals surface area (Å²) < 4.78 is 6.77. The van der Waals surface area contributed by atoms with Crippen molar-refractivity contribution in [1.82, 2.24) is 5.32 Å². The normalized spacial score (nSPS) is 15.0. The number of hydrogen-bond acceptors (Lipinski definition) is 4. The van der Waals surface area contributed by atoms with Gasteiger partial charge in [0.05, 0.1) is 4.91 Å². The Hall–Kier alpha value is -2.09. The van der Waals surface area contributed by atoms with Crippen molar-refractivity contribution in [3.05, 3.63) is 68.0 Å². The molecule has 0 saturated heterocycles. The molecule has 8 heteroatoms. The molecule has 2 aromatic rings. The van der Waals surface area contributed by atoms with Crippen LogP contribution in [0.3, 0.4) is 0 Å². The molecule has 3 rings (SSSR count). The number of carbonyl (C=O) groups is 2. The van der Waals surface area contributed by atoms with Crippen LogP contribution in [0.4, 0.5) is 0 Å². The number of nitrogens with zero attached hydrogens (tertiary/aromatic N) is 1. The topological polar surface area (TPSA) is 67.8 Å². The SMILES string of the molecule is CC(=O)NC1=NC(=O)C(=Cc2cc(Br)ccc2OCc2cccc(Cl)c2)S1. The predicted molar refractivity (Wildman–Crippen MR) is 112 cm³/mol. The van der Waals surface area contributed by atoms with Crippen molar-refractivity contribution in [3.8, 4) is 5.75 Å². The number of benzene rings is 2. The van der Waals surface area contributed by atoms with Crippen LogP contribution in [0.5, 0.6) is 5.75 Å². The number of nitrogens with one attached hydrogen (secondary N) is 1. The lowest BCUT2D eigenvalue weighted by molar-refractivity contribution is -0.117. The van der Waals surface area contributed by atoms with E-state index in [4.69, 9.17) is 16.3 Å². The van der Waals surface area contributed by atoms with Crippen LogP contribution in [-0.2, 0) is 16.2 Å². The summed E-state index contributed by atoms with van der Waals surface area (Å²) in [5, 5.41) is 3.44. The second kappa shape index (κ2) is 8.73. The first-order valence-corrected chi connectivity index (χ1v) is 9.86. The molecule has 0 saturated carbocycles. The number of amides is 2. The molecule has 1 aliphatic heterocycles. The highest BCUT2D eigenvalue weighted by Crippen LogP contribution is 2.32. The average molecular weight is 466 g/mol. The van der Waals surface area contributed by atoms with E-state index in [-0.39, 0.29) is 11.1 Å². The Morgan fingerprint density at radius 1 is 1.33 bits per heavy atom. The first-order chi connectivity index (χ1) is 12.9. The van der Waals surface area contributed by atoms with Gasteiger partial charge in [-0.1, -0.05) is 39.7 Å². The summed E-state index contributed by atoms with van der Waals surface area (Å²) >= 11 is 10.5. The molecule has 2 amide bonds. The van der Waals surface area contributed by atoms with Gasteiger partial charge in [-0.05, 0) is 53.7 Å². The molecule has 0 aromatic heterocycles. The lowest BCUT2D eigenvalue weighted by Gasteiger charge is -2.10. The molecule has 1 N–H and O–H groups in total. The van der Waals surface area contributed by atoms with E-state index >= 15 is 0 Å². The van der Waals surface area contributed by atoms with Gasteiger partial charge in [0, 0.05) is 22.0 Å². The molecule has 27 heavy (non-hydrogen) atoms. The van der Waals surface area contributed by atoms with Crippen molar-refractivity contribution in [2.45, 2.75) is 13.5 Å². The summed E-state index contributed by atoms with van der Waals surface area (Å²) in [6.45, 7) is 1.71. The molecule has 1 aliphatic rings.